The highest BCUT2D eigenvalue weighted by molar-refractivity contribution is 6.26. The molecule has 0 atom stereocenters. The van der Waals surface area contributed by atoms with Crippen LogP contribution in [-0.4, -0.2) is 19.9 Å². The van der Waals surface area contributed by atoms with Crippen molar-refractivity contribution in [3.63, 3.8) is 0 Å². The number of benzene rings is 11. The van der Waals surface area contributed by atoms with Crippen molar-refractivity contribution >= 4 is 64.8 Å². The third-order valence-corrected chi connectivity index (χ3v) is 13.1. The molecule has 306 valence electrons. The van der Waals surface area contributed by atoms with Crippen molar-refractivity contribution < 1.29 is 0 Å². The molecule has 13 aromatic rings. The maximum Gasteiger partial charge on any atom is 0.164 e. The molecule has 0 saturated heterocycles. The standard InChI is InChI=1S/C62H38N4/c1-3-14-43(15-4-1)60-64-61(44-16-5-2-6-17-44)66-62(65-60)45-29-25-40(26-30-45)47-33-36-57-56(38-47)58-48-18-8-7-13-41(48)31-35-54(58)59(63-57)42-27-23-39(24-28-42)46-32-34-53-51-21-10-9-19-49(51)50-20-11-12-22-52(50)55(53)37-46/h1-38H. The summed E-state index contributed by atoms with van der Waals surface area (Å²) in [4.78, 5) is 20.2. The lowest BCUT2D eigenvalue weighted by molar-refractivity contribution is 1.07. The van der Waals surface area contributed by atoms with E-state index in [0.29, 0.717) is 17.5 Å². The van der Waals surface area contributed by atoms with E-state index in [0.717, 1.165) is 55.4 Å². The predicted molar refractivity (Wildman–Crippen MR) is 275 cm³/mol. The first-order valence-electron chi connectivity index (χ1n) is 22.4. The summed E-state index contributed by atoms with van der Waals surface area (Å²) in [5.74, 6) is 1.93. The van der Waals surface area contributed by atoms with Gasteiger partial charge in [-0.05, 0) is 83.5 Å². The molecule has 0 aliphatic heterocycles. The molecule has 4 nitrogen and oxygen atoms in total. The Labute approximate surface area is 381 Å². The molecule has 0 N–H and O–H groups in total. The number of rotatable bonds is 6. The first-order valence-corrected chi connectivity index (χ1v) is 22.4. The Morgan fingerprint density at radius 3 is 1.18 bits per heavy atom. The molecular weight excluding hydrogens is 801 g/mol. The molecule has 11 aromatic carbocycles. The van der Waals surface area contributed by atoms with Crippen molar-refractivity contribution in [2.75, 3.05) is 0 Å². The van der Waals surface area contributed by atoms with Gasteiger partial charge in [0.25, 0.3) is 0 Å². The minimum Gasteiger partial charge on any atom is -0.247 e. The van der Waals surface area contributed by atoms with Crippen LogP contribution in [0.3, 0.4) is 0 Å². The third-order valence-electron chi connectivity index (χ3n) is 13.1. The normalized spacial score (nSPS) is 11.6. The fourth-order valence-corrected chi connectivity index (χ4v) is 9.83. The molecule has 0 bridgehead atoms. The van der Waals surface area contributed by atoms with Gasteiger partial charge in [0.05, 0.1) is 11.2 Å². The summed E-state index contributed by atoms with van der Waals surface area (Å²) in [6.45, 7) is 0. The van der Waals surface area contributed by atoms with Crippen LogP contribution in [0.5, 0.6) is 0 Å². The molecule has 2 heterocycles. The second kappa shape index (κ2) is 15.4. The molecule has 66 heavy (non-hydrogen) atoms. The monoisotopic (exact) mass is 838 g/mol. The van der Waals surface area contributed by atoms with Crippen LogP contribution in [0, 0.1) is 0 Å². The van der Waals surface area contributed by atoms with Gasteiger partial charge in [0, 0.05) is 38.4 Å². The second-order valence-electron chi connectivity index (χ2n) is 16.9. The molecule has 13 rings (SSSR count). The SMILES string of the molecule is c1ccc(-c2nc(-c3ccccc3)nc(-c3ccc(-c4ccc5nc(-c6ccc(-c7ccc8c9ccccc9c9ccccc9c8c7)cc6)c6ccc7ccccc7c6c5c4)cc3)n2)cc1. The van der Waals surface area contributed by atoms with E-state index in [-0.39, 0.29) is 0 Å². The van der Waals surface area contributed by atoms with E-state index in [9.17, 15) is 0 Å². The molecule has 0 radical (unpaired) electrons. The van der Waals surface area contributed by atoms with E-state index in [1.165, 1.54) is 59.6 Å². The van der Waals surface area contributed by atoms with E-state index >= 15 is 0 Å². The minimum atomic E-state index is 0.634. The van der Waals surface area contributed by atoms with Gasteiger partial charge in [-0.15, -0.1) is 0 Å². The zero-order valence-electron chi connectivity index (χ0n) is 35.7. The molecule has 0 aliphatic rings. The van der Waals surface area contributed by atoms with Gasteiger partial charge in [-0.25, -0.2) is 19.9 Å². The lowest BCUT2D eigenvalue weighted by Crippen LogP contribution is -2.00. The van der Waals surface area contributed by atoms with Gasteiger partial charge in [-0.3, -0.25) is 0 Å². The van der Waals surface area contributed by atoms with E-state index in [2.05, 4.69) is 170 Å². The Hall–Kier alpha value is -8.86. The van der Waals surface area contributed by atoms with E-state index in [1.54, 1.807) is 0 Å². The molecule has 0 amide bonds. The van der Waals surface area contributed by atoms with Gasteiger partial charge >= 0.3 is 0 Å². The first-order chi connectivity index (χ1) is 32.7. The summed E-state index contributed by atoms with van der Waals surface area (Å²) in [6.07, 6.45) is 0. The summed E-state index contributed by atoms with van der Waals surface area (Å²) in [5.41, 5.74) is 10.4. The van der Waals surface area contributed by atoms with Crippen molar-refractivity contribution in [2.45, 2.75) is 0 Å². The maximum absolute atomic E-state index is 5.42. The van der Waals surface area contributed by atoms with Crippen molar-refractivity contribution in [1.29, 1.82) is 0 Å². The van der Waals surface area contributed by atoms with Crippen LogP contribution in [0.4, 0.5) is 0 Å². The fourth-order valence-electron chi connectivity index (χ4n) is 9.83. The Morgan fingerprint density at radius 2 is 0.606 bits per heavy atom. The average molecular weight is 839 g/mol. The summed E-state index contributed by atoms with van der Waals surface area (Å²) in [6, 6.07) is 81.9. The van der Waals surface area contributed by atoms with Crippen molar-refractivity contribution in [3.8, 4) is 67.7 Å². The highest BCUT2D eigenvalue weighted by Gasteiger charge is 2.17. The van der Waals surface area contributed by atoms with E-state index < -0.39 is 0 Å². The highest BCUT2D eigenvalue weighted by atomic mass is 15.0. The second-order valence-corrected chi connectivity index (χ2v) is 16.9. The number of fused-ring (bicyclic) bond motifs is 11. The van der Waals surface area contributed by atoms with Crippen LogP contribution in [0.1, 0.15) is 0 Å². The Balaban J connectivity index is 0.888. The van der Waals surface area contributed by atoms with Crippen LogP contribution < -0.4 is 0 Å². The number of aromatic nitrogens is 4. The zero-order valence-corrected chi connectivity index (χ0v) is 35.7. The van der Waals surface area contributed by atoms with Gasteiger partial charge < -0.3 is 0 Å². The van der Waals surface area contributed by atoms with Crippen molar-refractivity contribution in [1.82, 2.24) is 19.9 Å². The van der Waals surface area contributed by atoms with Crippen LogP contribution >= 0.6 is 0 Å². The van der Waals surface area contributed by atoms with Crippen LogP contribution in [0.15, 0.2) is 231 Å². The fraction of sp³-hybridized carbons (Fsp3) is 0. The van der Waals surface area contributed by atoms with Crippen LogP contribution in [0.2, 0.25) is 0 Å². The molecule has 0 fully saturated rings. The first kappa shape index (κ1) is 37.7. The Bertz CT molecular complexity index is 3920. The average Bonchev–Trinajstić information content (AvgIpc) is 3.40. The minimum absolute atomic E-state index is 0.634. The predicted octanol–water partition coefficient (Wildman–Crippen LogP) is 16.2. The van der Waals surface area contributed by atoms with Gasteiger partial charge in [0.2, 0.25) is 0 Å². The molecule has 4 heteroatoms. The Morgan fingerprint density at radius 1 is 0.212 bits per heavy atom. The third kappa shape index (κ3) is 6.38. The maximum atomic E-state index is 5.42. The zero-order chi connectivity index (χ0) is 43.6. The number of nitrogens with zero attached hydrogens (tertiary/aromatic N) is 4. The highest BCUT2D eigenvalue weighted by Crippen LogP contribution is 2.41. The molecule has 2 aromatic heterocycles. The van der Waals surface area contributed by atoms with Gasteiger partial charge in [0.1, 0.15) is 0 Å². The van der Waals surface area contributed by atoms with Crippen molar-refractivity contribution in [3.05, 3.63) is 231 Å². The van der Waals surface area contributed by atoms with Gasteiger partial charge in [-0.1, -0.05) is 212 Å². The smallest absolute Gasteiger partial charge is 0.164 e. The molecule has 0 aliphatic carbocycles. The number of hydrogen-bond acceptors (Lipinski definition) is 4. The lowest BCUT2D eigenvalue weighted by atomic mass is 9.91. The molecular formula is C62H38N4. The van der Waals surface area contributed by atoms with Gasteiger partial charge in [0.15, 0.2) is 17.5 Å². The molecule has 0 spiro atoms. The van der Waals surface area contributed by atoms with E-state index in [4.69, 9.17) is 19.9 Å². The van der Waals surface area contributed by atoms with Crippen molar-refractivity contribution in [2.24, 2.45) is 0 Å². The van der Waals surface area contributed by atoms with Gasteiger partial charge in [-0.2, -0.15) is 0 Å². The molecule has 0 unspecified atom stereocenters. The topological polar surface area (TPSA) is 51.6 Å². The summed E-state index contributed by atoms with van der Waals surface area (Å²) >= 11 is 0. The molecule has 0 saturated carbocycles. The quantitative estimate of drug-likeness (QED) is 0.157. The Kier molecular flexibility index (Phi) is 8.81. The summed E-state index contributed by atoms with van der Waals surface area (Å²) < 4.78 is 0. The van der Waals surface area contributed by atoms with Crippen LogP contribution in [-0.2, 0) is 0 Å². The lowest BCUT2D eigenvalue weighted by Gasteiger charge is -2.15. The summed E-state index contributed by atoms with van der Waals surface area (Å²) in [5, 5.41) is 13.5. The van der Waals surface area contributed by atoms with E-state index in [1.807, 2.05) is 60.7 Å². The summed E-state index contributed by atoms with van der Waals surface area (Å²) in [7, 11) is 0. The largest absolute Gasteiger partial charge is 0.247 e. The van der Waals surface area contributed by atoms with Crippen LogP contribution in [0.25, 0.3) is 132 Å². The number of hydrogen-bond donors (Lipinski definition) is 0. The number of pyridine rings is 1.